The van der Waals surface area contributed by atoms with Gasteiger partial charge in [0.05, 0.1) is 15.7 Å². The van der Waals surface area contributed by atoms with Crippen LogP contribution in [0, 0.1) is 0 Å². The molecular weight excluding hydrogens is 321 g/mol. The molecule has 4 nitrogen and oxygen atoms in total. The van der Waals surface area contributed by atoms with E-state index in [0.29, 0.717) is 12.3 Å². The molecule has 0 N–H and O–H groups in total. The minimum Gasteiger partial charge on any atom is -0.324 e. The molecule has 0 heterocycles. The summed E-state index contributed by atoms with van der Waals surface area (Å²) in [4.78, 5) is 0. The highest BCUT2D eigenvalue weighted by atomic mass is 31.2. The van der Waals surface area contributed by atoms with Crippen LogP contribution in [0.25, 0.3) is 0 Å². The summed E-state index contributed by atoms with van der Waals surface area (Å²) in [6, 6.07) is 0. The smallest absolute Gasteiger partial charge is 0.0825 e. The molecule has 0 aliphatic rings. The number of nitrogens with zero attached hydrogens (tertiary/aromatic N) is 2. The summed E-state index contributed by atoms with van der Waals surface area (Å²) >= 11 is 0. The monoisotopic (exact) mass is 355 g/mol. The molecule has 0 spiro atoms. The summed E-state index contributed by atoms with van der Waals surface area (Å²) < 4.78 is 34.0. The first kappa shape index (κ1) is 19.3. The SMILES string of the molecule is [2H]C(C)=NN(C)P(=C)(C(C)CP(C)(C)=O)C(C)CP(C)(C)=O. The first-order valence-corrected chi connectivity index (χ1v) is 14.8. The summed E-state index contributed by atoms with van der Waals surface area (Å²) in [5.74, 6) is 0. The summed E-state index contributed by atoms with van der Waals surface area (Å²) in [5.41, 5.74) is 0.228. The van der Waals surface area contributed by atoms with Crippen LogP contribution in [0.4, 0.5) is 0 Å². The Morgan fingerprint density at radius 2 is 1.48 bits per heavy atom. The summed E-state index contributed by atoms with van der Waals surface area (Å²) in [7, 11) is -4.59. The number of hydrogen-bond donors (Lipinski definition) is 0. The number of rotatable bonds is 8. The maximum Gasteiger partial charge on any atom is 0.0825 e. The second kappa shape index (κ2) is 7.67. The van der Waals surface area contributed by atoms with Gasteiger partial charge in [-0.2, -0.15) is 5.10 Å². The zero-order chi connectivity index (χ0) is 17.9. The van der Waals surface area contributed by atoms with E-state index in [0.717, 1.165) is 0 Å². The molecule has 21 heavy (non-hydrogen) atoms. The minimum absolute atomic E-state index is 0.114. The van der Waals surface area contributed by atoms with E-state index < -0.39 is 21.3 Å². The summed E-state index contributed by atoms with van der Waals surface area (Å²) in [6.45, 7) is 12.9. The van der Waals surface area contributed by atoms with Gasteiger partial charge in [-0.25, -0.2) is 0 Å². The Kier molecular flexibility index (Phi) is 7.04. The Hall–Kier alpha value is 0.230. The van der Waals surface area contributed by atoms with Crippen molar-refractivity contribution in [2.75, 3.05) is 46.0 Å². The molecular formula is C14H33N2O2P3. The molecule has 0 aromatic rings. The lowest BCUT2D eigenvalue weighted by molar-refractivity contribution is 0.566. The predicted molar refractivity (Wildman–Crippen MR) is 104 cm³/mol. The van der Waals surface area contributed by atoms with Gasteiger partial charge >= 0.3 is 0 Å². The predicted octanol–water partition coefficient (Wildman–Crippen LogP) is 4.31. The molecule has 7 heteroatoms. The fraction of sp³-hybridized carbons (Fsp3) is 0.857. The van der Waals surface area contributed by atoms with Crippen molar-refractivity contribution < 1.29 is 10.5 Å². The quantitative estimate of drug-likeness (QED) is 0.370. The van der Waals surface area contributed by atoms with Crippen molar-refractivity contribution in [3.05, 3.63) is 0 Å². The second-order valence-corrected chi connectivity index (χ2v) is 18.1. The third-order valence-electron chi connectivity index (χ3n) is 3.72. The molecule has 0 aliphatic carbocycles. The average Bonchev–Trinajstić information content (AvgIpc) is 2.21. The molecule has 0 saturated carbocycles. The topological polar surface area (TPSA) is 49.7 Å². The molecule has 126 valence electrons. The van der Waals surface area contributed by atoms with Crippen LogP contribution in [0.2, 0.25) is 0 Å². The van der Waals surface area contributed by atoms with Crippen molar-refractivity contribution in [3.63, 3.8) is 0 Å². The third-order valence-corrected chi connectivity index (χ3v) is 11.7. The Morgan fingerprint density at radius 3 is 1.71 bits per heavy atom. The fourth-order valence-corrected chi connectivity index (χ4v) is 12.2. The van der Waals surface area contributed by atoms with Gasteiger partial charge in [-0.05, 0) is 40.6 Å². The zero-order valence-corrected chi connectivity index (χ0v) is 17.5. The van der Waals surface area contributed by atoms with Crippen molar-refractivity contribution in [3.8, 4) is 0 Å². The molecule has 0 aromatic heterocycles. The van der Waals surface area contributed by atoms with Crippen molar-refractivity contribution >= 4 is 33.8 Å². The van der Waals surface area contributed by atoms with E-state index in [2.05, 4.69) is 25.2 Å². The largest absolute Gasteiger partial charge is 0.324 e. The van der Waals surface area contributed by atoms with Gasteiger partial charge in [0, 0.05) is 36.9 Å². The van der Waals surface area contributed by atoms with E-state index in [4.69, 9.17) is 1.37 Å². The molecule has 0 bridgehead atoms. The van der Waals surface area contributed by atoms with E-state index in [1.165, 1.54) is 0 Å². The highest BCUT2D eigenvalue weighted by molar-refractivity contribution is 7.75. The molecule has 0 amide bonds. The first-order chi connectivity index (χ1) is 9.59. The van der Waals surface area contributed by atoms with Gasteiger partial charge in [-0.1, -0.05) is 20.1 Å². The molecule has 0 aromatic carbocycles. The lowest BCUT2D eigenvalue weighted by Gasteiger charge is -2.42. The normalized spacial score (nSPS) is 20.4. The highest BCUT2D eigenvalue weighted by Crippen LogP contribution is 2.62. The van der Waals surface area contributed by atoms with E-state index in [-0.39, 0.29) is 17.5 Å². The van der Waals surface area contributed by atoms with Crippen molar-refractivity contribution in [1.29, 1.82) is 0 Å². The van der Waals surface area contributed by atoms with E-state index in [1.807, 2.05) is 11.8 Å². The van der Waals surface area contributed by atoms with Gasteiger partial charge in [0.15, 0.2) is 0 Å². The van der Waals surface area contributed by atoms with E-state index in [1.54, 1.807) is 33.6 Å². The van der Waals surface area contributed by atoms with Crippen LogP contribution >= 0.6 is 21.3 Å². The van der Waals surface area contributed by atoms with Gasteiger partial charge < -0.3 is 9.13 Å². The van der Waals surface area contributed by atoms with Crippen molar-refractivity contribution in [2.24, 2.45) is 5.10 Å². The lowest BCUT2D eigenvalue weighted by Crippen LogP contribution is -2.29. The van der Waals surface area contributed by atoms with Crippen LogP contribution < -0.4 is 0 Å². The average molecular weight is 355 g/mol. The molecule has 0 fully saturated rings. The Morgan fingerprint density at radius 1 is 1.14 bits per heavy atom. The van der Waals surface area contributed by atoms with Gasteiger partial charge in [-0.15, -0.1) is 0 Å². The number of hydrazone groups is 1. The number of hydrogen-bond acceptors (Lipinski definition) is 4. The van der Waals surface area contributed by atoms with Crippen molar-refractivity contribution in [1.82, 2.24) is 4.78 Å². The van der Waals surface area contributed by atoms with Gasteiger partial charge in [-0.3, -0.25) is 4.78 Å². The molecule has 0 radical (unpaired) electrons. The Labute approximate surface area is 132 Å². The van der Waals surface area contributed by atoms with Gasteiger partial charge in [0.1, 0.15) is 0 Å². The standard InChI is InChI=1S/C14H33N2O2P3/c1-10-15-16(4)21(9,13(2)11-19(5,6)17)14(3)12-20(7,8)18/h10,13-14H,9,11-12H2,1-8H3/i10D. The Bertz CT molecular complexity index is 512. The maximum atomic E-state index is 12.3. The van der Waals surface area contributed by atoms with Crippen LogP contribution in [-0.4, -0.2) is 74.6 Å². The van der Waals surface area contributed by atoms with Gasteiger partial charge in [0.2, 0.25) is 0 Å². The summed E-state index contributed by atoms with van der Waals surface area (Å²) in [6.07, 6.45) is 5.92. The van der Waals surface area contributed by atoms with Crippen LogP contribution in [-0.2, 0) is 9.13 Å². The minimum atomic E-state index is -2.19. The fourth-order valence-electron chi connectivity index (χ4n) is 2.79. The van der Waals surface area contributed by atoms with E-state index in [9.17, 15) is 9.13 Å². The zero-order valence-electron chi connectivity index (χ0n) is 15.8. The second-order valence-electron chi connectivity index (χ2n) is 6.91. The first-order valence-electron chi connectivity index (χ1n) is 7.66. The third kappa shape index (κ3) is 6.89. The van der Waals surface area contributed by atoms with Crippen LogP contribution in [0.1, 0.15) is 22.1 Å². The molecule has 0 aliphatic heterocycles. The summed E-state index contributed by atoms with van der Waals surface area (Å²) in [5, 5.41) is 4.28. The molecule has 2 unspecified atom stereocenters. The van der Waals surface area contributed by atoms with Gasteiger partial charge in [0.25, 0.3) is 0 Å². The van der Waals surface area contributed by atoms with Crippen LogP contribution in [0.15, 0.2) is 5.10 Å². The Balaban J connectivity index is 5.76. The van der Waals surface area contributed by atoms with Crippen LogP contribution in [0.3, 0.4) is 0 Å². The highest BCUT2D eigenvalue weighted by Gasteiger charge is 2.36. The van der Waals surface area contributed by atoms with E-state index >= 15 is 0 Å². The maximum absolute atomic E-state index is 12.3. The molecule has 2 atom stereocenters. The van der Waals surface area contributed by atoms with Crippen LogP contribution in [0.5, 0.6) is 0 Å². The lowest BCUT2D eigenvalue weighted by atomic mass is 10.5. The van der Waals surface area contributed by atoms with Crippen molar-refractivity contribution in [2.45, 2.75) is 32.1 Å². The molecule has 0 rings (SSSR count). The molecule has 0 saturated heterocycles.